The summed E-state index contributed by atoms with van der Waals surface area (Å²) in [4.78, 5) is 28.1. The topological polar surface area (TPSA) is 58.6 Å². The molecule has 2 bridgehead atoms. The first-order valence-electron chi connectivity index (χ1n) is 9.89. The summed E-state index contributed by atoms with van der Waals surface area (Å²) in [6, 6.07) is 14.8. The van der Waals surface area contributed by atoms with Crippen molar-refractivity contribution in [2.24, 2.45) is 11.8 Å². The third kappa shape index (κ3) is 3.13. The lowest BCUT2D eigenvalue weighted by Gasteiger charge is -2.23. The highest BCUT2D eigenvalue weighted by atomic mass is 35.5. The van der Waals surface area contributed by atoms with Crippen molar-refractivity contribution in [3.8, 4) is 0 Å². The lowest BCUT2D eigenvalue weighted by molar-refractivity contribution is -0.137. The van der Waals surface area contributed by atoms with Gasteiger partial charge in [-0.3, -0.25) is 9.59 Å². The number of benzene rings is 2. The van der Waals surface area contributed by atoms with Crippen LogP contribution in [0.15, 0.2) is 60.7 Å². The fourth-order valence-corrected chi connectivity index (χ4v) is 5.18. The van der Waals surface area contributed by atoms with E-state index in [1.807, 2.05) is 54.6 Å². The zero-order valence-corrected chi connectivity index (χ0v) is 17.6. The molecule has 0 radical (unpaired) electrons. The Morgan fingerprint density at radius 3 is 2.47 bits per heavy atom. The molecule has 2 saturated heterocycles. The van der Waals surface area contributed by atoms with Gasteiger partial charge in [0.2, 0.25) is 11.8 Å². The van der Waals surface area contributed by atoms with Gasteiger partial charge in [-0.25, -0.2) is 0 Å². The van der Waals surface area contributed by atoms with Crippen molar-refractivity contribution in [1.29, 1.82) is 0 Å². The molecule has 154 valence electrons. The number of nitrogens with one attached hydrogen (secondary N) is 1. The van der Waals surface area contributed by atoms with Crippen LogP contribution in [0.4, 0.5) is 0 Å². The van der Waals surface area contributed by atoms with Crippen molar-refractivity contribution in [1.82, 2.24) is 10.2 Å². The van der Waals surface area contributed by atoms with Crippen molar-refractivity contribution >= 4 is 35.0 Å². The molecule has 0 aromatic heterocycles. The van der Waals surface area contributed by atoms with E-state index in [1.54, 1.807) is 11.0 Å². The van der Waals surface area contributed by atoms with E-state index in [1.165, 1.54) is 0 Å². The molecule has 3 heterocycles. The predicted molar refractivity (Wildman–Crippen MR) is 114 cm³/mol. The molecule has 5 nitrogen and oxygen atoms in total. The average molecular weight is 443 g/mol. The van der Waals surface area contributed by atoms with Gasteiger partial charge in [0.25, 0.3) is 0 Å². The Bertz CT molecular complexity index is 1060. The second kappa shape index (κ2) is 7.41. The van der Waals surface area contributed by atoms with Crippen LogP contribution < -0.4 is 5.32 Å². The Morgan fingerprint density at radius 1 is 1.10 bits per heavy atom. The maximum atomic E-state index is 13.3. The quantitative estimate of drug-likeness (QED) is 0.719. The normalized spacial score (nSPS) is 28.8. The van der Waals surface area contributed by atoms with Crippen LogP contribution in [0.1, 0.15) is 11.1 Å². The van der Waals surface area contributed by atoms with Gasteiger partial charge in [-0.15, -0.1) is 0 Å². The molecule has 3 aliphatic rings. The average Bonchev–Trinajstić information content (AvgIpc) is 3.37. The summed E-state index contributed by atoms with van der Waals surface area (Å²) >= 11 is 12.5. The Labute approximate surface area is 184 Å². The summed E-state index contributed by atoms with van der Waals surface area (Å²) in [7, 11) is 0. The molecule has 4 atom stereocenters. The predicted octanol–water partition coefficient (Wildman–Crippen LogP) is 3.59. The number of amides is 2. The van der Waals surface area contributed by atoms with Gasteiger partial charge in [0.1, 0.15) is 5.60 Å². The number of hydrogen-bond acceptors (Lipinski definition) is 3. The zero-order valence-electron chi connectivity index (χ0n) is 16.1. The Morgan fingerprint density at radius 2 is 1.77 bits per heavy atom. The van der Waals surface area contributed by atoms with Crippen LogP contribution in [0, 0.1) is 11.8 Å². The largest absolute Gasteiger partial charge is 0.360 e. The van der Waals surface area contributed by atoms with E-state index in [9.17, 15) is 9.59 Å². The van der Waals surface area contributed by atoms with E-state index in [0.717, 1.165) is 11.1 Å². The highest BCUT2D eigenvalue weighted by molar-refractivity contribution is 6.31. The number of rotatable bonds is 5. The molecule has 1 spiro atoms. The third-order valence-corrected chi connectivity index (χ3v) is 6.95. The highest BCUT2D eigenvalue weighted by Gasteiger charge is 2.66. The van der Waals surface area contributed by atoms with Crippen LogP contribution >= 0.6 is 23.2 Å². The van der Waals surface area contributed by atoms with Gasteiger partial charge in [-0.05, 0) is 23.3 Å². The number of ether oxygens (including phenoxy) is 1. The lowest BCUT2D eigenvalue weighted by atomic mass is 9.77. The maximum absolute atomic E-state index is 13.3. The first-order chi connectivity index (χ1) is 14.5. The molecular weight excluding hydrogens is 423 g/mol. The van der Waals surface area contributed by atoms with Gasteiger partial charge in [-0.2, -0.15) is 0 Å². The van der Waals surface area contributed by atoms with E-state index in [2.05, 4.69) is 5.32 Å². The minimum atomic E-state index is -0.741. The number of fused-ring (bicyclic) bond motifs is 1. The molecule has 2 aromatic rings. The number of nitrogens with zero attached hydrogens (tertiary/aromatic N) is 1. The molecule has 5 rings (SSSR count). The Hall–Kier alpha value is -2.34. The zero-order chi connectivity index (χ0) is 20.9. The summed E-state index contributed by atoms with van der Waals surface area (Å²) in [6.45, 7) is 1.12. The molecule has 2 aromatic carbocycles. The fraction of sp³-hybridized carbons (Fsp3) is 0.304. The number of likely N-dealkylation sites (tertiary alicyclic amines) is 1. The van der Waals surface area contributed by atoms with Crippen LogP contribution in [0.2, 0.25) is 10.0 Å². The summed E-state index contributed by atoms with van der Waals surface area (Å²) in [6.07, 6.45) is 3.47. The van der Waals surface area contributed by atoms with Crippen LogP contribution in [0.3, 0.4) is 0 Å². The molecule has 2 amide bonds. The second-order valence-electron chi connectivity index (χ2n) is 7.99. The second-order valence-corrected chi connectivity index (χ2v) is 8.81. The summed E-state index contributed by atoms with van der Waals surface area (Å²) in [5.41, 5.74) is 0.970. The van der Waals surface area contributed by atoms with Crippen molar-refractivity contribution < 1.29 is 14.3 Å². The Kier molecular flexibility index (Phi) is 4.85. The molecule has 0 saturated carbocycles. The van der Waals surface area contributed by atoms with Crippen molar-refractivity contribution in [2.45, 2.75) is 24.8 Å². The van der Waals surface area contributed by atoms with E-state index in [-0.39, 0.29) is 17.9 Å². The monoisotopic (exact) mass is 442 g/mol. The first-order valence-corrected chi connectivity index (χ1v) is 10.6. The number of halogens is 2. The SMILES string of the molecule is O=C(NCc1ccccc1Cl)C1C2C=CC3(CN(Cc4ccccc4Cl)C(=O)C13)O2. The molecule has 7 heteroatoms. The lowest BCUT2D eigenvalue weighted by Crippen LogP contribution is -2.43. The van der Waals surface area contributed by atoms with Crippen molar-refractivity contribution in [3.05, 3.63) is 81.9 Å². The maximum Gasteiger partial charge on any atom is 0.230 e. The molecule has 3 aliphatic heterocycles. The summed E-state index contributed by atoms with van der Waals surface area (Å²) in [5, 5.41) is 4.16. The summed E-state index contributed by atoms with van der Waals surface area (Å²) < 4.78 is 6.17. The fourth-order valence-electron chi connectivity index (χ4n) is 4.79. The number of hydrogen-bond donors (Lipinski definition) is 1. The van der Waals surface area contributed by atoms with Gasteiger partial charge in [0.15, 0.2) is 0 Å². The van der Waals surface area contributed by atoms with E-state index in [0.29, 0.717) is 29.7 Å². The van der Waals surface area contributed by atoms with Crippen LogP contribution in [-0.2, 0) is 27.4 Å². The minimum Gasteiger partial charge on any atom is -0.360 e. The highest BCUT2D eigenvalue weighted by Crippen LogP contribution is 2.52. The van der Waals surface area contributed by atoms with Crippen LogP contribution in [-0.4, -0.2) is 35.0 Å². The number of carbonyl (C=O) groups excluding carboxylic acids is 2. The molecular formula is C23H20Cl2N2O3. The van der Waals surface area contributed by atoms with Gasteiger partial charge < -0.3 is 15.0 Å². The standard InChI is InChI=1S/C23H20Cl2N2O3/c24-16-7-3-1-5-14(16)11-26-21(28)19-18-9-10-23(30-18)13-27(22(29)20(19)23)12-15-6-2-4-8-17(15)25/h1-10,18-20H,11-13H2,(H,26,28). The third-order valence-electron chi connectivity index (χ3n) is 6.21. The summed E-state index contributed by atoms with van der Waals surface area (Å²) in [5.74, 6) is -1.34. The first kappa shape index (κ1) is 19.6. The van der Waals surface area contributed by atoms with E-state index >= 15 is 0 Å². The molecule has 0 aliphatic carbocycles. The van der Waals surface area contributed by atoms with Gasteiger partial charge >= 0.3 is 0 Å². The van der Waals surface area contributed by atoms with Crippen LogP contribution in [0.25, 0.3) is 0 Å². The van der Waals surface area contributed by atoms with Gasteiger partial charge in [0.05, 0.1) is 24.5 Å². The minimum absolute atomic E-state index is 0.0698. The van der Waals surface area contributed by atoms with Crippen molar-refractivity contribution in [2.75, 3.05) is 6.54 Å². The smallest absolute Gasteiger partial charge is 0.230 e. The van der Waals surface area contributed by atoms with Gasteiger partial charge in [-0.1, -0.05) is 71.8 Å². The Balaban J connectivity index is 1.34. The molecule has 4 unspecified atom stereocenters. The van der Waals surface area contributed by atoms with E-state index in [4.69, 9.17) is 27.9 Å². The molecule has 30 heavy (non-hydrogen) atoms. The van der Waals surface area contributed by atoms with E-state index < -0.39 is 17.4 Å². The van der Waals surface area contributed by atoms with Gasteiger partial charge in [0, 0.05) is 23.1 Å². The van der Waals surface area contributed by atoms with Crippen LogP contribution in [0.5, 0.6) is 0 Å². The van der Waals surface area contributed by atoms with Crippen molar-refractivity contribution in [3.63, 3.8) is 0 Å². The molecule has 1 N–H and O–H groups in total. The number of carbonyl (C=O) groups is 2. The molecule has 2 fully saturated rings.